The van der Waals surface area contributed by atoms with E-state index in [1.54, 1.807) is 0 Å². The number of hydrogen-bond acceptors (Lipinski definition) is 6. The summed E-state index contributed by atoms with van der Waals surface area (Å²) < 4.78 is 0. The number of aliphatic imine (C=N–C) groups is 1. The lowest BCUT2D eigenvalue weighted by Gasteiger charge is -2.25. The molecule has 5 unspecified atom stereocenters. The Labute approximate surface area is 195 Å². The monoisotopic (exact) mass is 471 g/mol. The first-order chi connectivity index (χ1) is 15.3. The van der Waals surface area contributed by atoms with Crippen LogP contribution in [0.2, 0.25) is 0 Å². The fourth-order valence-electron chi connectivity index (χ4n) is 2.92. The fraction of sp³-hybridized carbons (Fsp3) is 0.762. The van der Waals surface area contributed by atoms with E-state index in [9.17, 15) is 24.3 Å². The zero-order valence-electron chi connectivity index (χ0n) is 20.3. The summed E-state index contributed by atoms with van der Waals surface area (Å²) in [5, 5.41) is 16.9. The quantitative estimate of drug-likeness (QED) is 0.0892. The van der Waals surface area contributed by atoms with Gasteiger partial charge in [0.25, 0.3) is 0 Å². The van der Waals surface area contributed by atoms with Crippen LogP contribution >= 0.6 is 0 Å². The van der Waals surface area contributed by atoms with Gasteiger partial charge in [0.2, 0.25) is 17.7 Å². The molecule has 190 valence electrons. The summed E-state index contributed by atoms with van der Waals surface area (Å²) in [4.78, 5) is 53.0. The molecule has 0 aromatic carbocycles. The minimum Gasteiger partial charge on any atom is -0.480 e. The molecule has 0 rings (SSSR count). The summed E-state index contributed by atoms with van der Waals surface area (Å²) in [7, 11) is 0. The van der Waals surface area contributed by atoms with Gasteiger partial charge in [0.05, 0.1) is 6.04 Å². The molecule has 5 atom stereocenters. The van der Waals surface area contributed by atoms with Crippen molar-refractivity contribution in [3.63, 3.8) is 0 Å². The summed E-state index contributed by atoms with van der Waals surface area (Å²) in [6, 6.07) is -3.86. The number of carbonyl (C=O) groups excluding carboxylic acids is 3. The van der Waals surface area contributed by atoms with E-state index in [1.807, 2.05) is 27.7 Å². The largest absolute Gasteiger partial charge is 0.480 e. The molecule has 12 nitrogen and oxygen atoms in total. The minimum atomic E-state index is -1.15. The number of carboxylic acids is 1. The smallest absolute Gasteiger partial charge is 0.326 e. The topological polar surface area (TPSA) is 215 Å². The molecule has 0 spiro atoms. The van der Waals surface area contributed by atoms with Crippen molar-refractivity contribution in [1.82, 2.24) is 16.0 Å². The van der Waals surface area contributed by atoms with Crippen LogP contribution in [-0.4, -0.2) is 65.5 Å². The van der Waals surface area contributed by atoms with Crippen LogP contribution in [-0.2, 0) is 19.2 Å². The van der Waals surface area contributed by atoms with Crippen LogP contribution in [0.4, 0.5) is 0 Å². The van der Waals surface area contributed by atoms with Gasteiger partial charge in [-0.25, -0.2) is 4.79 Å². The Hall–Kier alpha value is -2.89. The van der Waals surface area contributed by atoms with Gasteiger partial charge in [0.15, 0.2) is 5.96 Å². The second-order valence-corrected chi connectivity index (χ2v) is 8.68. The van der Waals surface area contributed by atoms with E-state index in [1.165, 1.54) is 6.92 Å². The molecule has 0 heterocycles. The van der Waals surface area contributed by atoms with Gasteiger partial charge in [-0.05, 0) is 38.0 Å². The summed E-state index contributed by atoms with van der Waals surface area (Å²) in [6.07, 6.45) is 1.54. The number of carboxylic acid groups (broad SMARTS) is 1. The number of nitrogens with zero attached hydrogens (tertiary/aromatic N) is 1. The van der Waals surface area contributed by atoms with Crippen molar-refractivity contribution in [2.24, 2.45) is 34.0 Å². The lowest BCUT2D eigenvalue weighted by Crippen LogP contribution is -2.57. The van der Waals surface area contributed by atoms with Gasteiger partial charge in [-0.3, -0.25) is 19.4 Å². The number of nitrogens with two attached hydrogens (primary N) is 3. The van der Waals surface area contributed by atoms with Crippen LogP contribution in [0.3, 0.4) is 0 Å². The number of carbonyl (C=O) groups is 4. The van der Waals surface area contributed by atoms with Gasteiger partial charge in [0.1, 0.15) is 18.1 Å². The summed E-state index contributed by atoms with van der Waals surface area (Å²) in [5.41, 5.74) is 16.6. The van der Waals surface area contributed by atoms with Gasteiger partial charge in [-0.1, -0.05) is 34.1 Å². The van der Waals surface area contributed by atoms with Crippen molar-refractivity contribution in [3.05, 3.63) is 0 Å². The van der Waals surface area contributed by atoms with Crippen molar-refractivity contribution < 1.29 is 24.3 Å². The van der Waals surface area contributed by atoms with E-state index >= 15 is 0 Å². The van der Waals surface area contributed by atoms with E-state index in [4.69, 9.17) is 17.2 Å². The Morgan fingerprint density at radius 1 is 0.909 bits per heavy atom. The molecular weight excluding hydrogens is 430 g/mol. The number of nitrogens with one attached hydrogen (secondary N) is 3. The highest BCUT2D eigenvalue weighted by atomic mass is 16.4. The number of guanidine groups is 1. The van der Waals surface area contributed by atoms with Crippen LogP contribution in [0.1, 0.15) is 60.3 Å². The van der Waals surface area contributed by atoms with Crippen LogP contribution in [0.15, 0.2) is 4.99 Å². The fourth-order valence-corrected chi connectivity index (χ4v) is 2.92. The third kappa shape index (κ3) is 12.1. The molecular formula is C21H41N7O5. The highest BCUT2D eigenvalue weighted by molar-refractivity contribution is 5.93. The lowest BCUT2D eigenvalue weighted by atomic mass is 9.98. The van der Waals surface area contributed by atoms with Crippen molar-refractivity contribution >= 4 is 29.7 Å². The molecule has 0 aliphatic heterocycles. The predicted molar refractivity (Wildman–Crippen MR) is 126 cm³/mol. The SMILES string of the molecule is CCC(C)C(N)C(=O)NC(CCCN=C(N)N)C(=O)NC(C)C(=O)NC(CC(C)C)C(=O)O. The third-order valence-corrected chi connectivity index (χ3v) is 5.21. The van der Waals surface area contributed by atoms with E-state index < -0.39 is 47.9 Å². The maximum absolute atomic E-state index is 12.8. The average Bonchev–Trinajstić information content (AvgIpc) is 2.73. The van der Waals surface area contributed by atoms with Crippen LogP contribution < -0.4 is 33.2 Å². The number of rotatable bonds is 15. The maximum Gasteiger partial charge on any atom is 0.326 e. The highest BCUT2D eigenvalue weighted by Crippen LogP contribution is 2.08. The van der Waals surface area contributed by atoms with Gasteiger partial charge in [-0.2, -0.15) is 0 Å². The molecule has 0 bridgehead atoms. The zero-order valence-corrected chi connectivity index (χ0v) is 20.3. The molecule has 0 fully saturated rings. The summed E-state index contributed by atoms with van der Waals surface area (Å²) in [5.74, 6) is -2.99. The second kappa shape index (κ2) is 15.0. The van der Waals surface area contributed by atoms with Crippen LogP contribution in [0.5, 0.6) is 0 Å². The normalized spacial score (nSPS) is 15.5. The van der Waals surface area contributed by atoms with Crippen molar-refractivity contribution in [1.29, 1.82) is 0 Å². The average molecular weight is 472 g/mol. The Morgan fingerprint density at radius 3 is 1.97 bits per heavy atom. The standard InChI is InChI=1S/C21H41N7O5/c1-6-12(4)16(22)19(31)27-14(8-7-9-25-21(23)24)18(30)26-13(5)17(29)28-15(20(32)33)10-11(2)3/h11-16H,6-10,22H2,1-5H3,(H,26,30)(H,27,31)(H,28,29)(H,32,33)(H4,23,24,25). The van der Waals surface area contributed by atoms with Gasteiger partial charge < -0.3 is 38.3 Å². The molecule has 0 radical (unpaired) electrons. The number of aliphatic carboxylic acids is 1. The lowest BCUT2D eigenvalue weighted by molar-refractivity contribution is -0.142. The van der Waals surface area contributed by atoms with Gasteiger partial charge in [0, 0.05) is 6.54 Å². The Balaban J connectivity index is 5.23. The molecule has 0 saturated heterocycles. The van der Waals surface area contributed by atoms with Crippen molar-refractivity contribution in [2.45, 2.75) is 84.5 Å². The van der Waals surface area contributed by atoms with E-state index in [0.29, 0.717) is 12.8 Å². The molecule has 0 aliphatic rings. The number of hydrogen-bond donors (Lipinski definition) is 7. The molecule has 0 saturated carbocycles. The molecule has 10 N–H and O–H groups in total. The Bertz CT molecular complexity index is 694. The molecule has 3 amide bonds. The van der Waals surface area contributed by atoms with Gasteiger partial charge >= 0.3 is 5.97 Å². The summed E-state index contributed by atoms with van der Waals surface area (Å²) >= 11 is 0. The molecule has 33 heavy (non-hydrogen) atoms. The second-order valence-electron chi connectivity index (χ2n) is 8.68. The van der Waals surface area contributed by atoms with Crippen LogP contribution in [0, 0.1) is 11.8 Å². The van der Waals surface area contributed by atoms with E-state index in [0.717, 1.165) is 0 Å². The molecule has 12 heteroatoms. The van der Waals surface area contributed by atoms with Gasteiger partial charge in [-0.15, -0.1) is 0 Å². The zero-order chi connectivity index (χ0) is 25.7. The minimum absolute atomic E-state index is 0.0517. The molecule has 0 aromatic heterocycles. The third-order valence-electron chi connectivity index (χ3n) is 5.21. The molecule has 0 aliphatic carbocycles. The Kier molecular flexibility index (Phi) is 13.7. The Morgan fingerprint density at radius 2 is 1.48 bits per heavy atom. The highest BCUT2D eigenvalue weighted by Gasteiger charge is 2.29. The maximum atomic E-state index is 12.8. The van der Waals surface area contributed by atoms with Crippen molar-refractivity contribution in [2.75, 3.05) is 6.54 Å². The first-order valence-electron chi connectivity index (χ1n) is 11.2. The number of amides is 3. The van der Waals surface area contributed by atoms with E-state index in [-0.39, 0.29) is 37.2 Å². The molecule has 0 aromatic rings. The van der Waals surface area contributed by atoms with Crippen molar-refractivity contribution in [3.8, 4) is 0 Å². The van der Waals surface area contributed by atoms with E-state index in [2.05, 4.69) is 20.9 Å². The van der Waals surface area contributed by atoms with Crippen LogP contribution in [0.25, 0.3) is 0 Å². The summed E-state index contributed by atoms with van der Waals surface area (Å²) in [6.45, 7) is 9.11. The first-order valence-corrected chi connectivity index (χ1v) is 11.2. The predicted octanol–water partition coefficient (Wildman–Crippen LogP) is -0.982. The first kappa shape index (κ1) is 30.1.